The van der Waals surface area contributed by atoms with Crippen molar-refractivity contribution in [3.8, 4) is 0 Å². The Morgan fingerprint density at radius 2 is 2.05 bits per heavy atom. The van der Waals surface area contributed by atoms with E-state index in [-0.39, 0.29) is 17.8 Å². The van der Waals surface area contributed by atoms with Crippen LogP contribution >= 0.6 is 11.8 Å². The molecule has 0 saturated carbocycles. The monoisotopic (exact) mass is 296 g/mol. The van der Waals surface area contributed by atoms with Crippen molar-refractivity contribution in [2.45, 2.75) is 31.1 Å². The maximum Gasteiger partial charge on any atom is 0.230 e. The molecule has 1 aliphatic heterocycles. The van der Waals surface area contributed by atoms with Gasteiger partial charge in [-0.25, -0.2) is 4.39 Å². The Bertz CT molecular complexity index is 432. The summed E-state index contributed by atoms with van der Waals surface area (Å²) in [7, 11) is 0. The molecule has 2 N–H and O–H groups in total. The standard InChI is InChI=1S/C15H21FN2OS/c1-11(12-2-4-13(16)5-3-12)18-15(19)10-20-14-6-8-17-9-7-14/h2-5,11,14,17H,6-10H2,1H3,(H,18,19). The van der Waals surface area contributed by atoms with Crippen molar-refractivity contribution in [2.24, 2.45) is 0 Å². The van der Waals surface area contributed by atoms with Gasteiger partial charge in [0.15, 0.2) is 0 Å². The second-order valence-corrected chi connectivity index (χ2v) is 6.39. The van der Waals surface area contributed by atoms with Crippen LogP contribution in [-0.2, 0) is 4.79 Å². The van der Waals surface area contributed by atoms with Crippen LogP contribution in [0.4, 0.5) is 4.39 Å². The number of piperidine rings is 1. The van der Waals surface area contributed by atoms with Crippen molar-refractivity contribution in [2.75, 3.05) is 18.8 Å². The van der Waals surface area contributed by atoms with Crippen LogP contribution in [0, 0.1) is 5.82 Å². The molecule has 0 bridgehead atoms. The second-order valence-electron chi connectivity index (χ2n) is 5.10. The van der Waals surface area contributed by atoms with Crippen LogP contribution in [0.15, 0.2) is 24.3 Å². The maximum atomic E-state index is 12.8. The number of nitrogens with one attached hydrogen (secondary N) is 2. The summed E-state index contributed by atoms with van der Waals surface area (Å²) in [5.74, 6) is 0.287. The molecule has 0 radical (unpaired) electrons. The smallest absolute Gasteiger partial charge is 0.230 e. The molecule has 1 aromatic carbocycles. The molecule has 20 heavy (non-hydrogen) atoms. The van der Waals surface area contributed by atoms with E-state index in [1.807, 2.05) is 6.92 Å². The number of hydrogen-bond donors (Lipinski definition) is 2. The van der Waals surface area contributed by atoms with Gasteiger partial charge < -0.3 is 10.6 Å². The summed E-state index contributed by atoms with van der Waals surface area (Å²) in [4.78, 5) is 11.9. The van der Waals surface area contributed by atoms with E-state index >= 15 is 0 Å². The Kier molecular flexibility index (Phi) is 5.86. The van der Waals surface area contributed by atoms with Crippen molar-refractivity contribution in [1.82, 2.24) is 10.6 Å². The minimum atomic E-state index is -0.256. The van der Waals surface area contributed by atoms with E-state index in [4.69, 9.17) is 0 Å². The van der Waals surface area contributed by atoms with Crippen LogP contribution in [0.25, 0.3) is 0 Å². The van der Waals surface area contributed by atoms with Gasteiger partial charge in [-0.1, -0.05) is 12.1 Å². The number of halogens is 1. The Morgan fingerprint density at radius 1 is 1.40 bits per heavy atom. The normalized spacial score (nSPS) is 17.7. The molecule has 1 aliphatic rings. The predicted molar refractivity (Wildman–Crippen MR) is 81.3 cm³/mol. The Balaban J connectivity index is 1.74. The number of thioether (sulfide) groups is 1. The highest BCUT2D eigenvalue weighted by Crippen LogP contribution is 2.20. The summed E-state index contributed by atoms with van der Waals surface area (Å²) >= 11 is 1.73. The van der Waals surface area contributed by atoms with Gasteiger partial charge in [0.2, 0.25) is 5.91 Å². The minimum absolute atomic E-state index is 0.0466. The molecule has 110 valence electrons. The van der Waals surface area contributed by atoms with Crippen molar-refractivity contribution >= 4 is 17.7 Å². The molecule has 0 aliphatic carbocycles. The van der Waals surface area contributed by atoms with Gasteiger partial charge in [-0.15, -0.1) is 11.8 Å². The van der Waals surface area contributed by atoms with Crippen molar-refractivity contribution in [3.63, 3.8) is 0 Å². The van der Waals surface area contributed by atoms with E-state index in [1.165, 1.54) is 12.1 Å². The van der Waals surface area contributed by atoms with Gasteiger partial charge in [0.25, 0.3) is 0 Å². The molecule has 5 heteroatoms. The fourth-order valence-electron chi connectivity index (χ4n) is 2.27. The molecule has 0 aromatic heterocycles. The fourth-order valence-corrected chi connectivity index (χ4v) is 3.31. The molecule has 1 fully saturated rings. The predicted octanol–water partition coefficient (Wildman–Crippen LogP) is 2.49. The number of carbonyl (C=O) groups is 1. The first-order valence-electron chi connectivity index (χ1n) is 7.02. The van der Waals surface area contributed by atoms with Crippen LogP contribution < -0.4 is 10.6 Å². The van der Waals surface area contributed by atoms with Gasteiger partial charge in [-0.3, -0.25) is 4.79 Å². The molecule has 1 atom stereocenters. The topological polar surface area (TPSA) is 41.1 Å². The Labute approximate surface area is 123 Å². The van der Waals surface area contributed by atoms with E-state index < -0.39 is 0 Å². The molecule has 2 rings (SSSR count). The summed E-state index contributed by atoms with van der Waals surface area (Å²) in [6.45, 7) is 4.01. The lowest BCUT2D eigenvalue weighted by atomic mass is 10.1. The van der Waals surface area contributed by atoms with E-state index in [0.717, 1.165) is 31.5 Å². The highest BCUT2D eigenvalue weighted by molar-refractivity contribution is 8.00. The molecule has 3 nitrogen and oxygen atoms in total. The van der Waals surface area contributed by atoms with Gasteiger partial charge in [0, 0.05) is 5.25 Å². The lowest BCUT2D eigenvalue weighted by Gasteiger charge is -2.22. The number of hydrogen-bond acceptors (Lipinski definition) is 3. The molecule has 1 amide bonds. The SMILES string of the molecule is CC(NC(=O)CSC1CCNCC1)c1ccc(F)cc1. The van der Waals surface area contributed by atoms with Crippen molar-refractivity contribution in [1.29, 1.82) is 0 Å². The van der Waals surface area contributed by atoms with Crippen molar-refractivity contribution < 1.29 is 9.18 Å². The van der Waals surface area contributed by atoms with Crippen LogP contribution in [0.1, 0.15) is 31.4 Å². The zero-order valence-electron chi connectivity index (χ0n) is 11.7. The van der Waals surface area contributed by atoms with Gasteiger partial charge >= 0.3 is 0 Å². The number of benzene rings is 1. The number of rotatable bonds is 5. The van der Waals surface area contributed by atoms with Gasteiger partial charge in [0.05, 0.1) is 11.8 Å². The van der Waals surface area contributed by atoms with E-state index in [2.05, 4.69) is 10.6 Å². The third-order valence-electron chi connectivity index (χ3n) is 3.48. The molecular formula is C15H21FN2OS. The number of carbonyl (C=O) groups excluding carboxylic acids is 1. The first kappa shape index (κ1) is 15.3. The highest BCUT2D eigenvalue weighted by atomic mass is 32.2. The number of amides is 1. The highest BCUT2D eigenvalue weighted by Gasteiger charge is 2.16. The molecule has 1 aromatic rings. The largest absolute Gasteiger partial charge is 0.349 e. The Hall–Kier alpha value is -1.07. The molecule has 1 heterocycles. The third kappa shape index (κ3) is 4.80. The molecular weight excluding hydrogens is 275 g/mol. The summed E-state index contributed by atoms with van der Waals surface area (Å²) in [6, 6.07) is 6.17. The summed E-state index contributed by atoms with van der Waals surface area (Å²) in [6.07, 6.45) is 2.26. The van der Waals surface area contributed by atoms with Gasteiger partial charge in [0.1, 0.15) is 5.82 Å². The van der Waals surface area contributed by atoms with E-state index in [1.54, 1.807) is 23.9 Å². The fraction of sp³-hybridized carbons (Fsp3) is 0.533. The van der Waals surface area contributed by atoms with E-state index in [0.29, 0.717) is 11.0 Å². The summed E-state index contributed by atoms with van der Waals surface area (Å²) < 4.78 is 12.8. The zero-order valence-corrected chi connectivity index (χ0v) is 12.5. The van der Waals surface area contributed by atoms with Crippen LogP contribution in [-0.4, -0.2) is 30.0 Å². The van der Waals surface area contributed by atoms with Crippen LogP contribution in [0.2, 0.25) is 0 Å². The molecule has 1 saturated heterocycles. The molecule has 1 unspecified atom stereocenters. The Morgan fingerprint density at radius 3 is 2.70 bits per heavy atom. The summed E-state index contributed by atoms with van der Waals surface area (Å²) in [5.41, 5.74) is 0.923. The average molecular weight is 296 g/mol. The summed E-state index contributed by atoms with van der Waals surface area (Å²) in [5, 5.41) is 6.86. The quantitative estimate of drug-likeness (QED) is 0.877. The van der Waals surface area contributed by atoms with E-state index in [9.17, 15) is 9.18 Å². The lowest BCUT2D eigenvalue weighted by molar-refractivity contribution is -0.119. The molecule has 0 spiro atoms. The average Bonchev–Trinajstić information content (AvgIpc) is 2.47. The van der Waals surface area contributed by atoms with Gasteiger partial charge in [-0.05, 0) is 50.6 Å². The second kappa shape index (κ2) is 7.64. The van der Waals surface area contributed by atoms with Crippen molar-refractivity contribution in [3.05, 3.63) is 35.6 Å². The zero-order chi connectivity index (χ0) is 14.4. The first-order valence-corrected chi connectivity index (χ1v) is 8.07. The minimum Gasteiger partial charge on any atom is -0.349 e. The first-order chi connectivity index (χ1) is 9.65. The maximum absolute atomic E-state index is 12.8. The van der Waals surface area contributed by atoms with Crippen LogP contribution in [0.3, 0.4) is 0 Å². The van der Waals surface area contributed by atoms with Gasteiger partial charge in [-0.2, -0.15) is 0 Å². The lowest BCUT2D eigenvalue weighted by Crippen LogP contribution is -2.32. The third-order valence-corrected chi connectivity index (χ3v) is 4.86. The van der Waals surface area contributed by atoms with Crippen LogP contribution in [0.5, 0.6) is 0 Å².